The molecule has 0 saturated carbocycles. The summed E-state index contributed by atoms with van der Waals surface area (Å²) in [4.78, 5) is 0. The summed E-state index contributed by atoms with van der Waals surface area (Å²) in [6, 6.07) is 0. The minimum absolute atomic E-state index is 0.0660. The summed E-state index contributed by atoms with van der Waals surface area (Å²) in [5.74, 6) is 0. The molecule has 29 valence electrons. The van der Waals surface area contributed by atoms with Crippen molar-refractivity contribution in [1.82, 2.24) is 0 Å². The lowest BCUT2D eigenvalue weighted by Gasteiger charge is -1.82. The normalized spacial score (nSPS) is 8.40. The van der Waals surface area contributed by atoms with Gasteiger partial charge >= 0.3 is 0 Å². The van der Waals surface area contributed by atoms with Crippen LogP contribution >= 0.6 is 0 Å². The number of aliphatic hydroxyl groups excluding tert-OH is 1. The average molecular weight is 73.1 g/mol. The molecule has 0 aromatic heterocycles. The SMILES string of the molecule is [C]OCCO. The fourth-order valence-electron chi connectivity index (χ4n) is 0.0456. The Kier molecular flexibility index (Phi) is 3.86. The number of rotatable bonds is 2. The van der Waals surface area contributed by atoms with E-state index < -0.39 is 0 Å². The van der Waals surface area contributed by atoms with Crippen molar-refractivity contribution in [2.45, 2.75) is 0 Å². The van der Waals surface area contributed by atoms with Gasteiger partial charge in [0.15, 0.2) is 7.11 Å². The standard InChI is InChI=1S/C3H5O2/c1-5-3-2-4/h4H,2-3H2. The van der Waals surface area contributed by atoms with E-state index in [1.165, 1.54) is 0 Å². The van der Waals surface area contributed by atoms with Crippen molar-refractivity contribution in [3.05, 3.63) is 7.11 Å². The Balaban J connectivity index is 2.19. The molecule has 0 bridgehead atoms. The highest BCUT2D eigenvalue weighted by Gasteiger charge is 1.68. The minimum Gasteiger partial charge on any atom is -0.394 e. The summed E-state index contributed by atoms with van der Waals surface area (Å²) in [5, 5.41) is 7.82. The van der Waals surface area contributed by atoms with E-state index in [9.17, 15) is 0 Å². The van der Waals surface area contributed by atoms with Crippen LogP contribution in [0.25, 0.3) is 0 Å². The van der Waals surface area contributed by atoms with Gasteiger partial charge in [0, 0.05) is 0 Å². The molecule has 0 aliphatic rings. The highest BCUT2D eigenvalue weighted by Crippen LogP contribution is 1.59. The van der Waals surface area contributed by atoms with Crippen LogP contribution in [0.2, 0.25) is 0 Å². The molecule has 0 saturated heterocycles. The lowest BCUT2D eigenvalue weighted by Crippen LogP contribution is -1.89. The Labute approximate surface area is 31.4 Å². The molecule has 0 aliphatic heterocycles. The molecule has 1 N–H and O–H groups in total. The summed E-state index contributed by atoms with van der Waals surface area (Å²) >= 11 is 0. The Morgan fingerprint density at radius 1 is 1.80 bits per heavy atom. The predicted molar refractivity (Wildman–Crippen MR) is 16.3 cm³/mol. The van der Waals surface area contributed by atoms with Crippen molar-refractivity contribution in [1.29, 1.82) is 0 Å². The molecule has 5 heavy (non-hydrogen) atoms. The van der Waals surface area contributed by atoms with E-state index in [2.05, 4.69) is 4.74 Å². The maximum Gasteiger partial charge on any atom is 0.173 e. The van der Waals surface area contributed by atoms with Gasteiger partial charge in [0.1, 0.15) is 0 Å². The highest BCUT2D eigenvalue weighted by atomic mass is 16.5. The summed E-state index contributed by atoms with van der Waals surface area (Å²) in [6.45, 7) is 0.0451. The first-order chi connectivity index (χ1) is 2.41. The van der Waals surface area contributed by atoms with Crippen molar-refractivity contribution in [2.24, 2.45) is 0 Å². The third-order valence-corrected chi connectivity index (χ3v) is 0.193. The Morgan fingerprint density at radius 3 is 2.40 bits per heavy atom. The van der Waals surface area contributed by atoms with Crippen LogP contribution < -0.4 is 0 Å². The third kappa shape index (κ3) is 3.92. The molecular formula is C3H5O2. The van der Waals surface area contributed by atoms with Gasteiger partial charge in [0.2, 0.25) is 0 Å². The van der Waals surface area contributed by atoms with Crippen LogP contribution in [0.3, 0.4) is 0 Å². The second-order valence-electron chi connectivity index (χ2n) is 0.572. The molecule has 2 nitrogen and oxygen atoms in total. The zero-order valence-electron chi connectivity index (χ0n) is 2.77. The Hall–Kier alpha value is -0.0800. The largest absolute Gasteiger partial charge is 0.394 e. The summed E-state index contributed by atoms with van der Waals surface area (Å²) in [7, 11) is 5.94. The minimum atomic E-state index is -0.0660. The van der Waals surface area contributed by atoms with Gasteiger partial charge in [-0.25, -0.2) is 0 Å². The van der Waals surface area contributed by atoms with Gasteiger partial charge in [-0.2, -0.15) is 0 Å². The first-order valence-electron chi connectivity index (χ1n) is 1.31. The second kappa shape index (κ2) is 3.92. The van der Waals surface area contributed by atoms with Crippen LogP contribution in [0.1, 0.15) is 0 Å². The van der Waals surface area contributed by atoms with Crippen molar-refractivity contribution < 1.29 is 9.84 Å². The molecule has 0 aliphatic carbocycles. The molecule has 0 fully saturated rings. The predicted octanol–water partition coefficient (Wildman–Crippen LogP) is -0.459. The van der Waals surface area contributed by atoms with Crippen LogP contribution in [0.5, 0.6) is 0 Å². The molecule has 0 atom stereocenters. The number of hydrogen-bond donors (Lipinski definition) is 1. The van der Waals surface area contributed by atoms with Crippen LogP contribution in [-0.2, 0) is 4.74 Å². The van der Waals surface area contributed by atoms with Gasteiger partial charge in [0.05, 0.1) is 13.2 Å². The first kappa shape index (κ1) is 4.92. The third-order valence-electron chi connectivity index (χ3n) is 0.193. The van der Waals surface area contributed by atoms with E-state index >= 15 is 0 Å². The van der Waals surface area contributed by atoms with Gasteiger partial charge in [-0.3, -0.25) is 0 Å². The molecule has 2 heteroatoms. The van der Waals surface area contributed by atoms with E-state index in [-0.39, 0.29) is 13.2 Å². The molecule has 0 aromatic carbocycles. The second-order valence-corrected chi connectivity index (χ2v) is 0.572. The molecule has 3 radical (unpaired) electrons. The van der Waals surface area contributed by atoms with Crippen LogP contribution in [0.15, 0.2) is 0 Å². The Morgan fingerprint density at radius 2 is 2.40 bits per heavy atom. The van der Waals surface area contributed by atoms with Crippen molar-refractivity contribution in [3.63, 3.8) is 0 Å². The van der Waals surface area contributed by atoms with Crippen LogP contribution in [0, 0.1) is 7.11 Å². The maximum absolute atomic E-state index is 7.82. The lowest BCUT2D eigenvalue weighted by molar-refractivity contribution is 0.162. The van der Waals surface area contributed by atoms with Gasteiger partial charge in [-0.15, -0.1) is 0 Å². The highest BCUT2D eigenvalue weighted by molar-refractivity contribution is 4.16. The lowest BCUT2D eigenvalue weighted by atomic mass is 10.8. The molecule has 0 rings (SSSR count). The molecule has 0 unspecified atom stereocenters. The van der Waals surface area contributed by atoms with Crippen molar-refractivity contribution in [2.75, 3.05) is 13.2 Å². The van der Waals surface area contributed by atoms with E-state index in [4.69, 9.17) is 12.2 Å². The summed E-state index contributed by atoms with van der Waals surface area (Å²) in [6.07, 6.45) is 0. The average Bonchev–Trinajstić information content (AvgIpc) is 1.41. The number of hydrogen-bond acceptors (Lipinski definition) is 2. The van der Waals surface area contributed by atoms with Crippen LogP contribution in [-0.4, -0.2) is 18.3 Å². The van der Waals surface area contributed by atoms with E-state index in [1.54, 1.807) is 0 Å². The van der Waals surface area contributed by atoms with Gasteiger partial charge in [-0.1, -0.05) is 0 Å². The molecule has 0 spiro atoms. The van der Waals surface area contributed by atoms with Crippen molar-refractivity contribution >= 4 is 0 Å². The van der Waals surface area contributed by atoms with Crippen molar-refractivity contribution in [3.8, 4) is 0 Å². The van der Waals surface area contributed by atoms with Gasteiger partial charge in [0.25, 0.3) is 0 Å². The smallest absolute Gasteiger partial charge is 0.173 e. The van der Waals surface area contributed by atoms with Gasteiger partial charge < -0.3 is 9.84 Å². The van der Waals surface area contributed by atoms with Gasteiger partial charge in [-0.05, 0) is 0 Å². The zero-order valence-corrected chi connectivity index (χ0v) is 2.77. The van der Waals surface area contributed by atoms with E-state index in [0.29, 0.717) is 0 Å². The molecule has 0 heterocycles. The monoisotopic (exact) mass is 73.0 g/mol. The molecule has 0 aromatic rings. The topological polar surface area (TPSA) is 29.5 Å². The quantitative estimate of drug-likeness (QED) is 0.479. The zero-order chi connectivity index (χ0) is 4.12. The fourth-order valence-corrected chi connectivity index (χ4v) is 0.0456. The molecular weight excluding hydrogens is 68.0 g/mol. The molecule has 0 amide bonds. The fraction of sp³-hybridized carbons (Fsp3) is 0.667. The van der Waals surface area contributed by atoms with E-state index in [1.807, 2.05) is 0 Å². The summed E-state index contributed by atoms with van der Waals surface area (Å²) < 4.78 is 3.69. The Bertz CT molecular complexity index is 12.4. The summed E-state index contributed by atoms with van der Waals surface area (Å²) in [5.41, 5.74) is 0. The van der Waals surface area contributed by atoms with E-state index in [0.717, 1.165) is 0 Å². The maximum atomic E-state index is 7.82. The number of ether oxygens (including phenoxy) is 1. The first-order valence-corrected chi connectivity index (χ1v) is 1.31. The van der Waals surface area contributed by atoms with Crippen LogP contribution in [0.4, 0.5) is 0 Å². The number of aliphatic hydroxyl groups is 1.